The van der Waals surface area contributed by atoms with Crippen LogP contribution in [0.1, 0.15) is 31.7 Å². The van der Waals surface area contributed by atoms with E-state index in [-0.39, 0.29) is 0 Å². The van der Waals surface area contributed by atoms with Crippen LogP contribution in [0.4, 0.5) is 0 Å². The van der Waals surface area contributed by atoms with Gasteiger partial charge < -0.3 is 14.8 Å². The molecule has 2 atom stereocenters. The first-order chi connectivity index (χ1) is 10.2. The lowest BCUT2D eigenvalue weighted by atomic mass is 10.1. The molecule has 0 aliphatic heterocycles. The van der Waals surface area contributed by atoms with E-state index in [0.717, 1.165) is 27.8 Å². The maximum atomic E-state index is 5.38. The highest BCUT2D eigenvalue weighted by Gasteiger charge is 2.24. The Morgan fingerprint density at radius 3 is 2.62 bits per heavy atom. The summed E-state index contributed by atoms with van der Waals surface area (Å²) in [6.07, 6.45) is 3.90. The van der Waals surface area contributed by atoms with E-state index in [2.05, 4.69) is 39.9 Å². The minimum Gasteiger partial charge on any atom is -0.493 e. The standard InChI is InChI=1S/C16H24BrNO2S/c1-4-21-13-6-5-12(8-13)18-10-11-7-15(19-2)16(20-3)9-14(11)17/h7,9,12-13,18H,4-6,8,10H2,1-3H3. The Labute approximate surface area is 140 Å². The Morgan fingerprint density at radius 1 is 1.24 bits per heavy atom. The second-order valence-electron chi connectivity index (χ2n) is 5.27. The zero-order chi connectivity index (χ0) is 15.2. The molecule has 0 radical (unpaired) electrons. The van der Waals surface area contributed by atoms with Gasteiger partial charge >= 0.3 is 0 Å². The molecular formula is C16H24BrNO2S. The molecule has 0 heterocycles. The SMILES string of the molecule is CCSC1CCC(NCc2cc(OC)c(OC)cc2Br)C1. The topological polar surface area (TPSA) is 30.5 Å². The van der Waals surface area contributed by atoms with E-state index in [9.17, 15) is 0 Å². The molecule has 118 valence electrons. The van der Waals surface area contributed by atoms with Crippen LogP contribution in [0.25, 0.3) is 0 Å². The van der Waals surface area contributed by atoms with E-state index < -0.39 is 0 Å². The van der Waals surface area contributed by atoms with Gasteiger partial charge in [0, 0.05) is 22.3 Å². The highest BCUT2D eigenvalue weighted by molar-refractivity contribution is 9.10. The Balaban J connectivity index is 1.94. The summed E-state index contributed by atoms with van der Waals surface area (Å²) in [6, 6.07) is 4.65. The van der Waals surface area contributed by atoms with Crippen LogP contribution >= 0.6 is 27.7 Å². The summed E-state index contributed by atoms with van der Waals surface area (Å²) in [4.78, 5) is 0. The van der Waals surface area contributed by atoms with Gasteiger partial charge in [-0.2, -0.15) is 11.8 Å². The van der Waals surface area contributed by atoms with Crippen molar-refractivity contribution in [1.29, 1.82) is 0 Å². The maximum Gasteiger partial charge on any atom is 0.161 e. The van der Waals surface area contributed by atoms with Gasteiger partial charge in [0.05, 0.1) is 14.2 Å². The van der Waals surface area contributed by atoms with Crippen LogP contribution in [-0.2, 0) is 6.54 Å². The van der Waals surface area contributed by atoms with Gasteiger partial charge in [-0.25, -0.2) is 0 Å². The zero-order valence-corrected chi connectivity index (χ0v) is 15.4. The lowest BCUT2D eigenvalue weighted by Crippen LogP contribution is -2.26. The van der Waals surface area contributed by atoms with E-state index in [0.29, 0.717) is 6.04 Å². The molecule has 1 fully saturated rings. The molecule has 2 unspecified atom stereocenters. The summed E-state index contributed by atoms with van der Waals surface area (Å²) in [6.45, 7) is 3.10. The minimum absolute atomic E-state index is 0.633. The molecule has 0 amide bonds. The molecule has 1 saturated carbocycles. The predicted molar refractivity (Wildman–Crippen MR) is 93.6 cm³/mol. The third kappa shape index (κ3) is 4.54. The number of methoxy groups -OCH3 is 2. The molecule has 1 aromatic rings. The van der Waals surface area contributed by atoms with Crippen LogP contribution < -0.4 is 14.8 Å². The fourth-order valence-corrected chi connectivity index (χ4v) is 4.40. The number of rotatable bonds is 7. The molecule has 0 saturated heterocycles. The number of ether oxygens (including phenoxy) is 2. The number of hydrogen-bond donors (Lipinski definition) is 1. The van der Waals surface area contributed by atoms with E-state index in [1.54, 1.807) is 14.2 Å². The van der Waals surface area contributed by atoms with Crippen molar-refractivity contribution in [2.75, 3.05) is 20.0 Å². The molecule has 1 aromatic carbocycles. The summed E-state index contributed by atoms with van der Waals surface area (Å²) >= 11 is 5.71. The smallest absolute Gasteiger partial charge is 0.161 e. The van der Waals surface area contributed by atoms with Crippen LogP contribution in [0.2, 0.25) is 0 Å². The molecule has 2 rings (SSSR count). The van der Waals surface area contributed by atoms with E-state index in [4.69, 9.17) is 9.47 Å². The summed E-state index contributed by atoms with van der Waals surface area (Å²) in [5, 5.41) is 4.51. The number of benzene rings is 1. The maximum absolute atomic E-state index is 5.38. The highest BCUT2D eigenvalue weighted by Crippen LogP contribution is 2.34. The Hall–Kier alpha value is -0.390. The van der Waals surface area contributed by atoms with Gasteiger partial charge in [-0.05, 0) is 42.7 Å². The first-order valence-corrected chi connectivity index (χ1v) is 9.27. The van der Waals surface area contributed by atoms with Gasteiger partial charge in [-0.3, -0.25) is 0 Å². The fraction of sp³-hybridized carbons (Fsp3) is 0.625. The monoisotopic (exact) mass is 373 g/mol. The average molecular weight is 374 g/mol. The summed E-state index contributed by atoms with van der Waals surface area (Å²) in [5.74, 6) is 2.76. The fourth-order valence-electron chi connectivity index (χ4n) is 2.80. The van der Waals surface area contributed by atoms with E-state index >= 15 is 0 Å². The van der Waals surface area contributed by atoms with Crippen molar-refractivity contribution in [2.45, 2.75) is 44.0 Å². The molecule has 0 aromatic heterocycles. The largest absolute Gasteiger partial charge is 0.493 e. The van der Waals surface area contributed by atoms with Crippen molar-refractivity contribution in [3.63, 3.8) is 0 Å². The van der Waals surface area contributed by atoms with Gasteiger partial charge in [-0.15, -0.1) is 0 Å². The summed E-state index contributed by atoms with van der Waals surface area (Å²) in [7, 11) is 3.33. The zero-order valence-electron chi connectivity index (χ0n) is 12.9. The van der Waals surface area contributed by atoms with Gasteiger partial charge in [0.1, 0.15) is 0 Å². The Morgan fingerprint density at radius 2 is 1.95 bits per heavy atom. The highest BCUT2D eigenvalue weighted by atomic mass is 79.9. The molecule has 5 heteroatoms. The molecule has 21 heavy (non-hydrogen) atoms. The number of hydrogen-bond acceptors (Lipinski definition) is 4. The van der Waals surface area contributed by atoms with Gasteiger partial charge in [0.2, 0.25) is 0 Å². The van der Waals surface area contributed by atoms with Crippen molar-refractivity contribution in [1.82, 2.24) is 5.32 Å². The lowest BCUT2D eigenvalue weighted by Gasteiger charge is -2.16. The first kappa shape index (κ1) is 17.0. The van der Waals surface area contributed by atoms with Crippen molar-refractivity contribution < 1.29 is 9.47 Å². The van der Waals surface area contributed by atoms with Gasteiger partial charge in [0.25, 0.3) is 0 Å². The number of nitrogens with one attached hydrogen (secondary N) is 1. The second-order valence-corrected chi connectivity index (χ2v) is 7.70. The number of thioether (sulfide) groups is 1. The molecule has 0 spiro atoms. The summed E-state index contributed by atoms with van der Waals surface area (Å²) < 4.78 is 11.7. The molecule has 1 N–H and O–H groups in total. The van der Waals surface area contributed by atoms with Crippen LogP contribution in [0.5, 0.6) is 11.5 Å². The number of halogens is 1. The Bertz CT molecular complexity index is 470. The third-order valence-corrected chi connectivity index (χ3v) is 5.89. The molecular weight excluding hydrogens is 350 g/mol. The van der Waals surface area contributed by atoms with Crippen molar-refractivity contribution in [2.24, 2.45) is 0 Å². The second kappa shape index (κ2) is 8.30. The van der Waals surface area contributed by atoms with Crippen LogP contribution in [0, 0.1) is 0 Å². The summed E-state index contributed by atoms with van der Waals surface area (Å²) in [5.41, 5.74) is 1.21. The first-order valence-electron chi connectivity index (χ1n) is 7.43. The van der Waals surface area contributed by atoms with Gasteiger partial charge in [0.15, 0.2) is 11.5 Å². The lowest BCUT2D eigenvalue weighted by molar-refractivity contribution is 0.354. The van der Waals surface area contributed by atoms with E-state index in [1.165, 1.54) is 30.6 Å². The van der Waals surface area contributed by atoms with Gasteiger partial charge in [-0.1, -0.05) is 22.9 Å². The van der Waals surface area contributed by atoms with Crippen molar-refractivity contribution in [3.05, 3.63) is 22.2 Å². The predicted octanol–water partition coefficient (Wildman–Crippen LogP) is 4.23. The molecule has 0 bridgehead atoms. The quantitative estimate of drug-likeness (QED) is 0.774. The molecule has 3 nitrogen and oxygen atoms in total. The molecule has 1 aliphatic carbocycles. The van der Waals surface area contributed by atoms with Crippen molar-refractivity contribution >= 4 is 27.7 Å². The van der Waals surface area contributed by atoms with Crippen LogP contribution in [0.15, 0.2) is 16.6 Å². The van der Waals surface area contributed by atoms with Crippen LogP contribution in [-0.4, -0.2) is 31.3 Å². The normalized spacial score (nSPS) is 21.5. The van der Waals surface area contributed by atoms with Crippen LogP contribution in [0.3, 0.4) is 0 Å². The van der Waals surface area contributed by atoms with E-state index in [1.807, 2.05) is 12.1 Å². The average Bonchev–Trinajstić information content (AvgIpc) is 2.93. The third-order valence-electron chi connectivity index (χ3n) is 3.92. The minimum atomic E-state index is 0.633. The van der Waals surface area contributed by atoms with Crippen molar-refractivity contribution in [3.8, 4) is 11.5 Å². The molecule has 1 aliphatic rings. The Kier molecular flexibility index (Phi) is 6.71.